The molecule has 128 valence electrons. The Morgan fingerprint density at radius 2 is 1.81 bits per heavy atom. The largest absolute Gasteiger partial charge is 0.347 e. The zero-order chi connectivity index (χ0) is 17.8. The molecule has 0 fully saturated rings. The van der Waals surface area contributed by atoms with Gasteiger partial charge in [-0.3, -0.25) is 4.79 Å². The first-order chi connectivity index (χ1) is 12.8. The highest BCUT2D eigenvalue weighted by molar-refractivity contribution is 7.09. The molecule has 1 amide bonds. The van der Waals surface area contributed by atoms with Crippen LogP contribution in [0.3, 0.4) is 0 Å². The number of carbonyl (C=O) groups is 1. The predicted molar refractivity (Wildman–Crippen MR) is 101 cm³/mol. The number of amides is 1. The molecule has 0 saturated heterocycles. The van der Waals surface area contributed by atoms with E-state index in [4.69, 9.17) is 4.52 Å². The number of rotatable bonds is 5. The molecule has 26 heavy (non-hydrogen) atoms. The van der Waals surface area contributed by atoms with Crippen molar-refractivity contribution in [3.63, 3.8) is 0 Å². The van der Waals surface area contributed by atoms with Gasteiger partial charge in [-0.15, -0.1) is 11.3 Å². The molecule has 0 aliphatic rings. The molecular weight excluding hydrogens is 346 g/mol. The lowest BCUT2D eigenvalue weighted by molar-refractivity contribution is 0.0951. The minimum atomic E-state index is -0.173. The zero-order valence-electron chi connectivity index (χ0n) is 13.8. The average Bonchev–Trinajstić information content (AvgIpc) is 3.39. The maximum absolute atomic E-state index is 12.6. The van der Waals surface area contributed by atoms with Crippen LogP contribution >= 0.6 is 11.3 Å². The summed E-state index contributed by atoms with van der Waals surface area (Å²) in [5.74, 6) is 0.647. The van der Waals surface area contributed by atoms with E-state index in [1.807, 2.05) is 66.0 Å². The third kappa shape index (κ3) is 3.41. The SMILES string of the molecule is O=C(NCc1cccs1)c1ccccc1-c1nc(-c2ccccc2)no1. The number of nitrogens with zero attached hydrogens (tertiary/aromatic N) is 2. The van der Waals surface area contributed by atoms with E-state index in [1.54, 1.807) is 17.4 Å². The molecule has 1 N–H and O–H groups in total. The van der Waals surface area contributed by atoms with Crippen molar-refractivity contribution in [2.24, 2.45) is 0 Å². The summed E-state index contributed by atoms with van der Waals surface area (Å²) in [7, 11) is 0. The summed E-state index contributed by atoms with van der Waals surface area (Å²) in [6.45, 7) is 0.490. The molecule has 6 heteroatoms. The Labute approximate surface area is 154 Å². The van der Waals surface area contributed by atoms with E-state index in [2.05, 4.69) is 15.5 Å². The van der Waals surface area contributed by atoms with Crippen molar-refractivity contribution in [2.75, 3.05) is 0 Å². The van der Waals surface area contributed by atoms with Crippen molar-refractivity contribution in [3.05, 3.63) is 82.6 Å². The lowest BCUT2D eigenvalue weighted by atomic mass is 10.1. The Morgan fingerprint density at radius 3 is 2.62 bits per heavy atom. The minimum Gasteiger partial charge on any atom is -0.347 e. The smallest absolute Gasteiger partial charge is 0.259 e. The summed E-state index contributed by atoms with van der Waals surface area (Å²) >= 11 is 1.61. The number of hydrogen-bond donors (Lipinski definition) is 1. The van der Waals surface area contributed by atoms with Gasteiger partial charge in [-0.25, -0.2) is 0 Å². The topological polar surface area (TPSA) is 68.0 Å². The van der Waals surface area contributed by atoms with Crippen molar-refractivity contribution in [1.29, 1.82) is 0 Å². The molecule has 0 saturated carbocycles. The maximum atomic E-state index is 12.6. The first kappa shape index (κ1) is 16.2. The molecule has 2 heterocycles. The summed E-state index contributed by atoms with van der Waals surface area (Å²) in [6.07, 6.45) is 0. The van der Waals surface area contributed by atoms with Gasteiger partial charge in [0.15, 0.2) is 0 Å². The first-order valence-electron chi connectivity index (χ1n) is 8.10. The molecule has 0 spiro atoms. The number of carbonyl (C=O) groups excluding carboxylic acids is 1. The van der Waals surface area contributed by atoms with Gasteiger partial charge >= 0.3 is 0 Å². The molecule has 2 aromatic carbocycles. The van der Waals surface area contributed by atoms with Crippen LogP contribution in [0.1, 0.15) is 15.2 Å². The summed E-state index contributed by atoms with van der Waals surface area (Å²) in [5.41, 5.74) is 1.99. The Bertz CT molecular complexity index is 1010. The van der Waals surface area contributed by atoms with Gasteiger partial charge in [0.25, 0.3) is 11.8 Å². The monoisotopic (exact) mass is 361 g/mol. The molecule has 0 aliphatic carbocycles. The van der Waals surface area contributed by atoms with Gasteiger partial charge in [-0.05, 0) is 23.6 Å². The highest BCUT2D eigenvalue weighted by Gasteiger charge is 2.18. The van der Waals surface area contributed by atoms with Crippen molar-refractivity contribution < 1.29 is 9.32 Å². The van der Waals surface area contributed by atoms with Gasteiger partial charge in [0.1, 0.15) is 0 Å². The van der Waals surface area contributed by atoms with Gasteiger partial charge in [0, 0.05) is 10.4 Å². The average molecular weight is 361 g/mol. The number of nitrogens with one attached hydrogen (secondary N) is 1. The van der Waals surface area contributed by atoms with Crippen LogP contribution in [0.5, 0.6) is 0 Å². The van der Waals surface area contributed by atoms with Crippen LogP contribution in [-0.2, 0) is 6.54 Å². The van der Waals surface area contributed by atoms with Crippen molar-refractivity contribution >= 4 is 17.2 Å². The number of hydrogen-bond acceptors (Lipinski definition) is 5. The fraction of sp³-hybridized carbons (Fsp3) is 0.0500. The fourth-order valence-corrected chi connectivity index (χ4v) is 3.23. The van der Waals surface area contributed by atoms with Crippen molar-refractivity contribution in [3.8, 4) is 22.8 Å². The predicted octanol–water partition coefficient (Wildman–Crippen LogP) is 4.40. The Hall–Kier alpha value is -3.25. The van der Waals surface area contributed by atoms with E-state index >= 15 is 0 Å². The lowest BCUT2D eigenvalue weighted by Gasteiger charge is -2.06. The van der Waals surface area contributed by atoms with Crippen LogP contribution in [-0.4, -0.2) is 16.0 Å². The second kappa shape index (κ2) is 7.33. The standard InChI is InChI=1S/C20H15N3O2S/c24-19(21-13-15-9-6-12-26-15)16-10-4-5-11-17(16)20-22-18(23-25-20)14-7-2-1-3-8-14/h1-12H,13H2,(H,21,24). The van der Waals surface area contributed by atoms with Crippen LogP contribution in [0.15, 0.2) is 76.6 Å². The van der Waals surface area contributed by atoms with Crippen LogP contribution < -0.4 is 5.32 Å². The van der Waals surface area contributed by atoms with Crippen molar-refractivity contribution in [2.45, 2.75) is 6.54 Å². The summed E-state index contributed by atoms with van der Waals surface area (Å²) in [5, 5.41) is 8.95. The van der Waals surface area contributed by atoms with Gasteiger partial charge in [0.2, 0.25) is 5.82 Å². The third-order valence-corrected chi connectivity index (χ3v) is 4.74. The normalized spacial score (nSPS) is 10.6. The van der Waals surface area contributed by atoms with Gasteiger partial charge in [-0.2, -0.15) is 4.98 Å². The fourth-order valence-electron chi connectivity index (χ4n) is 2.58. The van der Waals surface area contributed by atoms with Crippen LogP contribution in [0.4, 0.5) is 0 Å². The molecule has 0 atom stereocenters. The molecule has 0 radical (unpaired) electrons. The molecule has 0 unspecified atom stereocenters. The highest BCUT2D eigenvalue weighted by Crippen LogP contribution is 2.25. The lowest BCUT2D eigenvalue weighted by Crippen LogP contribution is -2.23. The third-order valence-electron chi connectivity index (χ3n) is 3.86. The molecular formula is C20H15N3O2S. The number of thiophene rings is 1. The maximum Gasteiger partial charge on any atom is 0.259 e. The molecule has 4 aromatic rings. The Morgan fingerprint density at radius 1 is 1.00 bits per heavy atom. The second-order valence-corrected chi connectivity index (χ2v) is 6.63. The van der Waals surface area contributed by atoms with E-state index in [1.165, 1.54) is 0 Å². The minimum absolute atomic E-state index is 0.173. The van der Waals surface area contributed by atoms with E-state index < -0.39 is 0 Å². The van der Waals surface area contributed by atoms with E-state index in [-0.39, 0.29) is 5.91 Å². The van der Waals surface area contributed by atoms with Gasteiger partial charge in [-0.1, -0.05) is 53.7 Å². The summed E-state index contributed by atoms with van der Waals surface area (Å²) in [4.78, 5) is 18.2. The summed E-state index contributed by atoms with van der Waals surface area (Å²) < 4.78 is 5.41. The van der Waals surface area contributed by atoms with Crippen molar-refractivity contribution in [1.82, 2.24) is 15.5 Å². The van der Waals surface area contributed by atoms with E-state index in [0.29, 0.717) is 29.4 Å². The second-order valence-electron chi connectivity index (χ2n) is 5.60. The van der Waals surface area contributed by atoms with E-state index in [0.717, 1.165) is 10.4 Å². The summed E-state index contributed by atoms with van der Waals surface area (Å²) in [6, 6.07) is 20.8. The van der Waals surface area contributed by atoms with Gasteiger partial charge < -0.3 is 9.84 Å². The quantitative estimate of drug-likeness (QED) is 0.572. The van der Waals surface area contributed by atoms with Crippen LogP contribution in [0.25, 0.3) is 22.8 Å². The van der Waals surface area contributed by atoms with E-state index in [9.17, 15) is 4.79 Å². The number of aromatic nitrogens is 2. The molecule has 0 bridgehead atoms. The van der Waals surface area contributed by atoms with Crippen LogP contribution in [0, 0.1) is 0 Å². The molecule has 2 aromatic heterocycles. The first-order valence-corrected chi connectivity index (χ1v) is 8.98. The number of benzene rings is 2. The Balaban J connectivity index is 1.60. The zero-order valence-corrected chi connectivity index (χ0v) is 14.6. The molecule has 4 rings (SSSR count). The highest BCUT2D eigenvalue weighted by atomic mass is 32.1. The molecule has 0 aliphatic heterocycles. The van der Waals surface area contributed by atoms with Gasteiger partial charge in [0.05, 0.1) is 17.7 Å². The van der Waals surface area contributed by atoms with Crippen LogP contribution in [0.2, 0.25) is 0 Å². The Kier molecular flexibility index (Phi) is 4.57. The molecule has 5 nitrogen and oxygen atoms in total.